The van der Waals surface area contributed by atoms with E-state index in [2.05, 4.69) is 10.6 Å². The van der Waals surface area contributed by atoms with Crippen LogP contribution >= 0.6 is 0 Å². The van der Waals surface area contributed by atoms with E-state index in [0.717, 1.165) is 6.07 Å². The Morgan fingerprint density at radius 2 is 2.15 bits per heavy atom. The van der Waals surface area contributed by atoms with Gasteiger partial charge in [-0.15, -0.1) is 0 Å². The maximum Gasteiger partial charge on any atom is 0.292 e. The molecule has 1 unspecified atom stereocenters. The fourth-order valence-electron chi connectivity index (χ4n) is 1.43. The average Bonchev–Trinajstić information content (AvgIpc) is 2.43. The quantitative estimate of drug-likeness (QED) is 0.397. The number of anilines is 1. The van der Waals surface area contributed by atoms with Gasteiger partial charge in [0.05, 0.1) is 11.5 Å². The van der Waals surface area contributed by atoms with Crippen molar-refractivity contribution in [2.45, 2.75) is 6.10 Å². The van der Waals surface area contributed by atoms with Gasteiger partial charge in [-0.3, -0.25) is 19.7 Å². The number of rotatable bonds is 6. The van der Waals surface area contributed by atoms with Crippen LogP contribution in [0.5, 0.6) is 0 Å². The van der Waals surface area contributed by atoms with Crippen LogP contribution in [0.3, 0.4) is 0 Å². The molecular formula is C11H14N4O5. The molecule has 2 amide bonds. The molecule has 0 bridgehead atoms. The van der Waals surface area contributed by atoms with Crippen LogP contribution in [0.2, 0.25) is 0 Å². The van der Waals surface area contributed by atoms with E-state index < -0.39 is 22.8 Å². The second-order valence-electron chi connectivity index (χ2n) is 3.87. The Bertz CT molecular complexity index is 546. The second kappa shape index (κ2) is 6.48. The topological polar surface area (TPSA) is 148 Å². The van der Waals surface area contributed by atoms with Crippen LogP contribution in [0.1, 0.15) is 10.4 Å². The lowest BCUT2D eigenvalue weighted by molar-refractivity contribution is -0.384. The van der Waals surface area contributed by atoms with Crippen molar-refractivity contribution in [1.82, 2.24) is 5.32 Å². The Morgan fingerprint density at radius 1 is 1.50 bits per heavy atom. The number of aliphatic hydroxyl groups excluding tert-OH is 1. The minimum Gasteiger partial charge on any atom is -0.381 e. The lowest BCUT2D eigenvalue weighted by atomic mass is 10.1. The Hall–Kier alpha value is -2.68. The standard InChI is InChI=1S/C11H14N4O5/c1-13-11(18)6-2-3-8(15(19)20)7(4-6)14-5-9(16)10(12)17/h2-4,9,14,16H,5H2,1H3,(H2,12,17)(H,13,18). The van der Waals surface area contributed by atoms with Gasteiger partial charge in [0.25, 0.3) is 11.6 Å². The lowest BCUT2D eigenvalue weighted by Gasteiger charge is -2.11. The van der Waals surface area contributed by atoms with Gasteiger partial charge in [0.2, 0.25) is 5.91 Å². The Balaban J connectivity index is 3.03. The summed E-state index contributed by atoms with van der Waals surface area (Å²) in [6.45, 7) is -0.298. The minimum atomic E-state index is -1.49. The average molecular weight is 282 g/mol. The monoisotopic (exact) mass is 282 g/mol. The van der Waals surface area contributed by atoms with Crippen LogP contribution in [-0.4, -0.2) is 41.5 Å². The molecule has 0 saturated heterocycles. The minimum absolute atomic E-state index is 0.0106. The van der Waals surface area contributed by atoms with Gasteiger partial charge < -0.3 is 21.5 Å². The van der Waals surface area contributed by atoms with E-state index in [1.807, 2.05) is 0 Å². The van der Waals surface area contributed by atoms with Crippen LogP contribution in [-0.2, 0) is 4.79 Å². The number of nitrogens with two attached hydrogens (primary N) is 1. The van der Waals surface area contributed by atoms with Crippen molar-refractivity contribution in [3.63, 3.8) is 0 Å². The van der Waals surface area contributed by atoms with E-state index in [4.69, 9.17) is 5.73 Å². The summed E-state index contributed by atoms with van der Waals surface area (Å²) in [5.41, 5.74) is 4.80. The van der Waals surface area contributed by atoms with Crippen molar-refractivity contribution in [3.05, 3.63) is 33.9 Å². The van der Waals surface area contributed by atoms with Gasteiger partial charge in [-0.25, -0.2) is 0 Å². The fraction of sp³-hybridized carbons (Fsp3) is 0.273. The number of carbonyl (C=O) groups is 2. The third kappa shape index (κ3) is 3.65. The largest absolute Gasteiger partial charge is 0.381 e. The third-order valence-electron chi connectivity index (χ3n) is 2.50. The summed E-state index contributed by atoms with van der Waals surface area (Å²) in [5, 5.41) is 25.0. The highest BCUT2D eigenvalue weighted by Gasteiger charge is 2.18. The molecule has 0 aliphatic rings. The zero-order valence-corrected chi connectivity index (χ0v) is 10.6. The predicted molar refractivity (Wildman–Crippen MR) is 70.2 cm³/mol. The summed E-state index contributed by atoms with van der Waals surface area (Å²) in [6, 6.07) is 3.71. The van der Waals surface area contributed by atoms with E-state index in [-0.39, 0.29) is 23.5 Å². The maximum absolute atomic E-state index is 11.5. The summed E-state index contributed by atoms with van der Waals surface area (Å²) in [6.07, 6.45) is -1.49. The number of nitrogens with one attached hydrogen (secondary N) is 2. The van der Waals surface area contributed by atoms with Crippen LogP contribution in [0.25, 0.3) is 0 Å². The number of nitro groups is 1. The summed E-state index contributed by atoms with van der Waals surface area (Å²) in [5.74, 6) is -1.37. The second-order valence-corrected chi connectivity index (χ2v) is 3.87. The Kier molecular flexibility index (Phi) is 4.98. The van der Waals surface area contributed by atoms with E-state index in [9.17, 15) is 24.8 Å². The molecule has 20 heavy (non-hydrogen) atoms. The highest BCUT2D eigenvalue weighted by molar-refractivity contribution is 5.95. The number of carbonyl (C=O) groups excluding carboxylic acids is 2. The first-order valence-electron chi connectivity index (χ1n) is 5.58. The third-order valence-corrected chi connectivity index (χ3v) is 2.50. The van der Waals surface area contributed by atoms with Crippen molar-refractivity contribution < 1.29 is 19.6 Å². The molecule has 0 aliphatic carbocycles. The molecule has 0 aliphatic heterocycles. The summed E-state index contributed by atoms with van der Waals surface area (Å²) >= 11 is 0. The number of hydrogen-bond acceptors (Lipinski definition) is 6. The van der Waals surface area contributed by atoms with Crippen LogP contribution in [0, 0.1) is 10.1 Å². The number of aliphatic hydroxyl groups is 1. The molecule has 0 heterocycles. The number of hydrogen-bond donors (Lipinski definition) is 4. The summed E-state index contributed by atoms with van der Waals surface area (Å²) in [7, 11) is 1.42. The molecule has 1 aromatic carbocycles. The molecule has 0 aromatic heterocycles. The van der Waals surface area contributed by atoms with Gasteiger partial charge >= 0.3 is 0 Å². The normalized spacial score (nSPS) is 11.5. The zero-order chi connectivity index (χ0) is 15.3. The Morgan fingerprint density at radius 3 is 2.65 bits per heavy atom. The smallest absolute Gasteiger partial charge is 0.292 e. The first kappa shape index (κ1) is 15.4. The molecule has 0 spiro atoms. The van der Waals surface area contributed by atoms with Crippen LogP contribution < -0.4 is 16.4 Å². The number of amides is 2. The summed E-state index contributed by atoms with van der Waals surface area (Å²) in [4.78, 5) is 32.4. The molecule has 5 N–H and O–H groups in total. The number of nitro benzene ring substituents is 1. The highest BCUT2D eigenvalue weighted by atomic mass is 16.6. The molecular weight excluding hydrogens is 268 g/mol. The summed E-state index contributed by atoms with van der Waals surface area (Å²) < 4.78 is 0. The van der Waals surface area contributed by atoms with E-state index in [0.29, 0.717) is 0 Å². The van der Waals surface area contributed by atoms with Crippen molar-refractivity contribution in [2.75, 3.05) is 18.9 Å². The van der Waals surface area contributed by atoms with Crippen molar-refractivity contribution >= 4 is 23.2 Å². The number of nitrogens with zero attached hydrogens (tertiary/aromatic N) is 1. The molecule has 9 heteroatoms. The fourth-order valence-corrected chi connectivity index (χ4v) is 1.43. The van der Waals surface area contributed by atoms with E-state index in [1.54, 1.807) is 0 Å². The molecule has 0 radical (unpaired) electrons. The maximum atomic E-state index is 11.5. The molecule has 1 aromatic rings. The number of primary amides is 1. The van der Waals surface area contributed by atoms with Crippen molar-refractivity contribution in [2.24, 2.45) is 5.73 Å². The van der Waals surface area contributed by atoms with E-state index in [1.165, 1.54) is 19.2 Å². The first-order chi connectivity index (χ1) is 9.36. The molecule has 1 atom stereocenters. The lowest BCUT2D eigenvalue weighted by Crippen LogP contribution is -2.34. The van der Waals surface area contributed by atoms with Gasteiger partial charge in [-0.2, -0.15) is 0 Å². The Labute approximate surface area is 113 Å². The van der Waals surface area contributed by atoms with Gasteiger partial charge in [0.15, 0.2) is 0 Å². The van der Waals surface area contributed by atoms with Gasteiger partial charge in [-0.05, 0) is 12.1 Å². The highest BCUT2D eigenvalue weighted by Crippen LogP contribution is 2.25. The molecule has 0 saturated carbocycles. The van der Waals surface area contributed by atoms with Crippen LogP contribution in [0.15, 0.2) is 18.2 Å². The van der Waals surface area contributed by atoms with Crippen LogP contribution in [0.4, 0.5) is 11.4 Å². The molecule has 9 nitrogen and oxygen atoms in total. The predicted octanol–water partition coefficient (Wildman–Crippen LogP) is -0.787. The molecule has 1 rings (SSSR count). The first-order valence-corrected chi connectivity index (χ1v) is 5.58. The van der Waals surface area contributed by atoms with Gasteiger partial charge in [-0.1, -0.05) is 0 Å². The van der Waals surface area contributed by atoms with E-state index >= 15 is 0 Å². The van der Waals surface area contributed by atoms with Crippen molar-refractivity contribution in [3.8, 4) is 0 Å². The number of benzene rings is 1. The molecule has 108 valence electrons. The molecule has 0 fully saturated rings. The van der Waals surface area contributed by atoms with Gasteiger partial charge in [0, 0.05) is 18.7 Å². The van der Waals surface area contributed by atoms with Gasteiger partial charge in [0.1, 0.15) is 11.8 Å². The SMILES string of the molecule is CNC(=O)c1ccc([N+](=O)[O-])c(NCC(O)C(N)=O)c1. The zero-order valence-electron chi connectivity index (χ0n) is 10.6. The van der Waals surface area contributed by atoms with Crippen molar-refractivity contribution in [1.29, 1.82) is 0 Å².